The number of benzene rings is 3. The quantitative estimate of drug-likeness (QED) is 0.323. The van der Waals surface area contributed by atoms with Crippen LogP contribution in [0.2, 0.25) is 0 Å². The Labute approximate surface area is 214 Å². The fourth-order valence-electron chi connectivity index (χ4n) is 4.69. The average molecular weight is 499 g/mol. The minimum absolute atomic E-state index is 0.0192. The van der Waals surface area contributed by atoms with Crippen molar-refractivity contribution < 1.29 is 28.6 Å². The maximum Gasteiger partial charge on any atom is 0.261 e. The third kappa shape index (κ3) is 4.62. The molecule has 1 saturated carbocycles. The summed E-state index contributed by atoms with van der Waals surface area (Å²) in [6.07, 6.45) is 2.54. The first-order valence-electron chi connectivity index (χ1n) is 12.5. The molecule has 8 nitrogen and oxygen atoms in total. The van der Waals surface area contributed by atoms with Crippen molar-refractivity contribution in [3.05, 3.63) is 89.0 Å². The van der Waals surface area contributed by atoms with Crippen LogP contribution in [0.3, 0.4) is 0 Å². The van der Waals surface area contributed by atoms with Crippen LogP contribution in [0.5, 0.6) is 17.2 Å². The first kappa shape index (κ1) is 23.1. The number of carbonyl (C=O) groups excluding carboxylic acids is 3. The molecule has 0 unspecified atom stereocenters. The second-order valence-corrected chi connectivity index (χ2v) is 9.39. The SMILES string of the molecule is O=C1c2ccccc2C(=O)N1CCCOc1ccc(CN(C(=O)c2ccc3c(c2)OCO3)C2CC2)cc1. The molecule has 0 spiro atoms. The van der Waals surface area contributed by atoms with E-state index in [-0.39, 0.29) is 30.6 Å². The number of amides is 3. The van der Waals surface area contributed by atoms with E-state index in [1.165, 1.54) is 4.90 Å². The predicted octanol–water partition coefficient (Wildman–Crippen LogP) is 4.29. The fraction of sp³-hybridized carbons (Fsp3) is 0.276. The highest BCUT2D eigenvalue weighted by molar-refractivity contribution is 6.21. The Balaban J connectivity index is 1.02. The summed E-state index contributed by atoms with van der Waals surface area (Å²) in [5.74, 6) is 1.45. The van der Waals surface area contributed by atoms with E-state index in [9.17, 15) is 14.4 Å². The van der Waals surface area contributed by atoms with Crippen molar-refractivity contribution in [2.24, 2.45) is 0 Å². The Morgan fingerprint density at radius 1 is 0.919 bits per heavy atom. The Hall–Kier alpha value is -4.33. The molecule has 0 N–H and O–H groups in total. The van der Waals surface area contributed by atoms with Crippen molar-refractivity contribution in [3.63, 3.8) is 0 Å². The average Bonchev–Trinajstić information content (AvgIpc) is 3.61. The van der Waals surface area contributed by atoms with Gasteiger partial charge in [-0.2, -0.15) is 0 Å². The lowest BCUT2D eigenvalue weighted by atomic mass is 10.1. The highest BCUT2D eigenvalue weighted by Gasteiger charge is 2.35. The summed E-state index contributed by atoms with van der Waals surface area (Å²) < 4.78 is 16.6. The minimum atomic E-state index is -0.250. The lowest BCUT2D eigenvalue weighted by molar-refractivity contribution is 0.0645. The summed E-state index contributed by atoms with van der Waals surface area (Å²) in [7, 11) is 0. The van der Waals surface area contributed by atoms with Crippen LogP contribution in [0.15, 0.2) is 66.7 Å². The van der Waals surface area contributed by atoms with Gasteiger partial charge in [-0.15, -0.1) is 0 Å². The van der Waals surface area contributed by atoms with E-state index in [1.807, 2.05) is 29.2 Å². The van der Waals surface area contributed by atoms with E-state index in [2.05, 4.69) is 0 Å². The number of nitrogens with zero attached hydrogens (tertiary/aromatic N) is 2. The van der Waals surface area contributed by atoms with Gasteiger partial charge in [-0.3, -0.25) is 19.3 Å². The van der Waals surface area contributed by atoms with Gasteiger partial charge in [0, 0.05) is 24.7 Å². The minimum Gasteiger partial charge on any atom is -0.494 e. The number of ether oxygens (including phenoxy) is 3. The first-order chi connectivity index (χ1) is 18.1. The smallest absolute Gasteiger partial charge is 0.261 e. The molecule has 3 aromatic carbocycles. The van der Waals surface area contributed by atoms with Gasteiger partial charge in [-0.1, -0.05) is 24.3 Å². The zero-order valence-electron chi connectivity index (χ0n) is 20.2. The van der Waals surface area contributed by atoms with Gasteiger partial charge < -0.3 is 19.1 Å². The maximum atomic E-state index is 13.3. The van der Waals surface area contributed by atoms with Gasteiger partial charge in [-0.05, 0) is 67.3 Å². The molecule has 3 aromatic rings. The molecule has 0 saturated heterocycles. The first-order valence-corrected chi connectivity index (χ1v) is 12.5. The molecule has 8 heteroatoms. The third-order valence-electron chi connectivity index (χ3n) is 6.82. The zero-order chi connectivity index (χ0) is 25.4. The van der Waals surface area contributed by atoms with E-state index < -0.39 is 0 Å². The lowest BCUT2D eigenvalue weighted by Gasteiger charge is -2.23. The summed E-state index contributed by atoms with van der Waals surface area (Å²) >= 11 is 0. The standard InChI is InChI=1S/C29H26N2O6/c32-27(20-8-13-25-26(16-20)37-18-36-25)31(21-9-10-21)17-19-6-11-22(12-7-19)35-15-3-14-30-28(33)23-4-1-2-5-24(23)29(30)34/h1-2,4-8,11-13,16,21H,3,9-10,14-15,17-18H2. The lowest BCUT2D eigenvalue weighted by Crippen LogP contribution is -2.32. The second kappa shape index (κ2) is 9.61. The Morgan fingerprint density at radius 3 is 2.32 bits per heavy atom. The molecule has 188 valence electrons. The molecule has 3 amide bonds. The summed E-state index contributed by atoms with van der Waals surface area (Å²) in [5, 5.41) is 0. The largest absolute Gasteiger partial charge is 0.494 e. The highest BCUT2D eigenvalue weighted by atomic mass is 16.7. The topological polar surface area (TPSA) is 85.4 Å². The van der Waals surface area contributed by atoms with Gasteiger partial charge in [0.25, 0.3) is 17.7 Å². The van der Waals surface area contributed by atoms with Crippen LogP contribution in [0, 0.1) is 0 Å². The van der Waals surface area contributed by atoms with E-state index >= 15 is 0 Å². The van der Waals surface area contributed by atoms with Crippen molar-refractivity contribution in [1.29, 1.82) is 0 Å². The van der Waals surface area contributed by atoms with Crippen LogP contribution in [0.25, 0.3) is 0 Å². The molecule has 2 heterocycles. The second-order valence-electron chi connectivity index (χ2n) is 9.39. The van der Waals surface area contributed by atoms with Crippen LogP contribution in [0.4, 0.5) is 0 Å². The number of fused-ring (bicyclic) bond motifs is 2. The summed E-state index contributed by atoms with van der Waals surface area (Å²) in [6.45, 7) is 1.38. The van der Waals surface area contributed by atoms with Crippen molar-refractivity contribution in [1.82, 2.24) is 9.80 Å². The molecule has 0 aromatic heterocycles. The number of imide groups is 1. The number of rotatable bonds is 9. The molecule has 0 radical (unpaired) electrons. The third-order valence-corrected chi connectivity index (χ3v) is 6.82. The van der Waals surface area contributed by atoms with Crippen molar-refractivity contribution in [3.8, 4) is 17.2 Å². The number of carbonyl (C=O) groups is 3. The van der Waals surface area contributed by atoms with E-state index in [0.717, 1.165) is 18.4 Å². The molecule has 2 aliphatic heterocycles. The molecule has 1 aliphatic carbocycles. The van der Waals surface area contributed by atoms with Gasteiger partial charge >= 0.3 is 0 Å². The molecule has 0 bridgehead atoms. The molecule has 0 atom stereocenters. The van der Waals surface area contributed by atoms with Gasteiger partial charge in [0.15, 0.2) is 11.5 Å². The van der Waals surface area contributed by atoms with Gasteiger partial charge in [0.05, 0.1) is 17.7 Å². The monoisotopic (exact) mass is 498 g/mol. The summed E-state index contributed by atoms with van der Waals surface area (Å²) in [6, 6.07) is 20.1. The van der Waals surface area contributed by atoms with Gasteiger partial charge in [-0.25, -0.2) is 0 Å². The van der Waals surface area contributed by atoms with Crippen LogP contribution < -0.4 is 14.2 Å². The van der Waals surface area contributed by atoms with E-state index in [4.69, 9.17) is 14.2 Å². The molecule has 6 rings (SSSR count). The molecule has 37 heavy (non-hydrogen) atoms. The summed E-state index contributed by atoms with van der Waals surface area (Å²) in [5.41, 5.74) is 2.52. The highest BCUT2D eigenvalue weighted by Crippen LogP contribution is 2.35. The van der Waals surface area contributed by atoms with Crippen molar-refractivity contribution >= 4 is 17.7 Å². The van der Waals surface area contributed by atoms with Crippen molar-refractivity contribution in [2.75, 3.05) is 19.9 Å². The Bertz CT molecular complexity index is 1330. The molecular weight excluding hydrogens is 472 g/mol. The maximum absolute atomic E-state index is 13.3. The van der Waals surface area contributed by atoms with Crippen LogP contribution in [-0.2, 0) is 6.54 Å². The van der Waals surface area contributed by atoms with Crippen LogP contribution in [-0.4, -0.2) is 53.5 Å². The molecule has 3 aliphatic rings. The van der Waals surface area contributed by atoms with Crippen LogP contribution >= 0.6 is 0 Å². The van der Waals surface area contributed by atoms with Gasteiger partial charge in [0.1, 0.15) is 5.75 Å². The van der Waals surface area contributed by atoms with Crippen LogP contribution in [0.1, 0.15) is 55.9 Å². The number of hydrogen-bond acceptors (Lipinski definition) is 6. The zero-order valence-corrected chi connectivity index (χ0v) is 20.2. The Kier molecular flexibility index (Phi) is 6.00. The molecule has 1 fully saturated rings. The summed E-state index contributed by atoms with van der Waals surface area (Å²) in [4.78, 5) is 41.4. The van der Waals surface area contributed by atoms with Crippen molar-refractivity contribution in [2.45, 2.75) is 31.8 Å². The van der Waals surface area contributed by atoms with E-state index in [0.29, 0.717) is 60.1 Å². The Morgan fingerprint density at radius 2 is 1.62 bits per heavy atom. The van der Waals surface area contributed by atoms with Gasteiger partial charge in [0.2, 0.25) is 6.79 Å². The fourth-order valence-corrected chi connectivity index (χ4v) is 4.69. The predicted molar refractivity (Wildman–Crippen MR) is 134 cm³/mol. The normalized spacial score (nSPS) is 15.6. The van der Waals surface area contributed by atoms with E-state index in [1.54, 1.807) is 42.5 Å². The number of hydrogen-bond donors (Lipinski definition) is 0. The molecular formula is C29H26N2O6.